The number of hydrogen-bond acceptors (Lipinski definition) is 2. The topological polar surface area (TPSA) is 34.1 Å². The van der Waals surface area contributed by atoms with Crippen LogP contribution >= 0.6 is 23.2 Å². The van der Waals surface area contributed by atoms with Gasteiger partial charge in [-0.25, -0.2) is 12.8 Å². The molecule has 0 heterocycles. The quantitative estimate of drug-likeness (QED) is 0.765. The average molecular weight is 347 g/mol. The first kappa shape index (κ1) is 16.3. The van der Waals surface area contributed by atoms with Gasteiger partial charge in [0.1, 0.15) is 5.82 Å². The minimum atomic E-state index is -3.32. The van der Waals surface area contributed by atoms with Crippen molar-refractivity contribution in [3.8, 4) is 0 Å². The van der Waals surface area contributed by atoms with Crippen LogP contribution in [0, 0.1) is 12.7 Å². The van der Waals surface area contributed by atoms with Crippen molar-refractivity contribution in [1.82, 2.24) is 0 Å². The molecule has 0 bridgehead atoms. The van der Waals surface area contributed by atoms with E-state index >= 15 is 0 Å². The van der Waals surface area contributed by atoms with Crippen LogP contribution in [0.25, 0.3) is 0 Å². The lowest BCUT2D eigenvalue weighted by Gasteiger charge is -2.14. The van der Waals surface area contributed by atoms with Crippen LogP contribution in [-0.2, 0) is 9.84 Å². The first-order valence-electron chi connectivity index (χ1n) is 6.10. The molecule has 0 aliphatic heterocycles. The Morgan fingerprint density at radius 2 is 1.86 bits per heavy atom. The molecular weight excluding hydrogens is 334 g/mol. The van der Waals surface area contributed by atoms with Gasteiger partial charge in [0.25, 0.3) is 0 Å². The lowest BCUT2D eigenvalue weighted by atomic mass is 10.0. The number of rotatable bonds is 3. The van der Waals surface area contributed by atoms with E-state index in [1.807, 2.05) is 0 Å². The first-order valence-corrected chi connectivity index (χ1v) is 8.80. The molecule has 0 fully saturated rings. The van der Waals surface area contributed by atoms with Crippen molar-refractivity contribution >= 4 is 33.0 Å². The zero-order valence-corrected chi connectivity index (χ0v) is 13.7. The van der Waals surface area contributed by atoms with E-state index in [0.29, 0.717) is 16.7 Å². The van der Waals surface area contributed by atoms with Gasteiger partial charge in [0.2, 0.25) is 0 Å². The number of sulfone groups is 1. The summed E-state index contributed by atoms with van der Waals surface area (Å²) < 4.78 is 36.6. The van der Waals surface area contributed by atoms with E-state index in [0.717, 1.165) is 6.26 Å². The fourth-order valence-corrected chi connectivity index (χ4v) is 3.26. The van der Waals surface area contributed by atoms with Crippen molar-refractivity contribution < 1.29 is 12.8 Å². The Morgan fingerprint density at radius 3 is 2.48 bits per heavy atom. The SMILES string of the molecule is Cc1cc(C(Cl)c2cccc(S(C)(=O)=O)c2)c(Cl)cc1F. The molecule has 0 radical (unpaired) electrons. The van der Waals surface area contributed by atoms with Crippen LogP contribution in [-0.4, -0.2) is 14.7 Å². The van der Waals surface area contributed by atoms with Crippen LogP contribution in [0.3, 0.4) is 0 Å². The zero-order chi connectivity index (χ0) is 15.8. The molecule has 2 rings (SSSR count). The molecule has 1 atom stereocenters. The Balaban J connectivity index is 2.50. The summed E-state index contributed by atoms with van der Waals surface area (Å²) in [5, 5.41) is -0.443. The van der Waals surface area contributed by atoms with Gasteiger partial charge in [0.05, 0.1) is 10.3 Å². The Morgan fingerprint density at radius 1 is 1.19 bits per heavy atom. The molecule has 21 heavy (non-hydrogen) atoms. The minimum Gasteiger partial charge on any atom is -0.224 e. The zero-order valence-electron chi connectivity index (χ0n) is 11.4. The Bertz CT molecular complexity index is 788. The van der Waals surface area contributed by atoms with Gasteiger partial charge in [-0.2, -0.15) is 0 Å². The molecule has 0 spiro atoms. The summed E-state index contributed by atoms with van der Waals surface area (Å²) in [7, 11) is -3.32. The van der Waals surface area contributed by atoms with Crippen LogP contribution in [0.1, 0.15) is 22.1 Å². The summed E-state index contributed by atoms with van der Waals surface area (Å²) in [6, 6.07) is 9.11. The molecule has 0 aliphatic carbocycles. The van der Waals surface area contributed by atoms with Gasteiger partial charge >= 0.3 is 0 Å². The molecule has 0 saturated carbocycles. The highest BCUT2D eigenvalue weighted by molar-refractivity contribution is 7.90. The fourth-order valence-electron chi connectivity index (χ4n) is 1.96. The molecular formula is C15H13Cl2FO2S. The normalized spacial score (nSPS) is 13.2. The van der Waals surface area contributed by atoms with Crippen molar-refractivity contribution in [2.24, 2.45) is 0 Å². The molecule has 0 saturated heterocycles. The summed E-state index contributed by atoms with van der Waals surface area (Å²) in [5.74, 6) is -0.405. The Hall–Kier alpha value is -1.10. The summed E-state index contributed by atoms with van der Waals surface area (Å²) in [4.78, 5) is 0.181. The van der Waals surface area contributed by atoms with Crippen molar-refractivity contribution in [3.63, 3.8) is 0 Å². The second-order valence-corrected chi connectivity index (χ2v) is 7.69. The molecule has 2 aromatic rings. The predicted octanol–water partition coefficient (Wildman–Crippen LogP) is 4.52. The molecule has 6 heteroatoms. The van der Waals surface area contributed by atoms with Crippen molar-refractivity contribution in [2.45, 2.75) is 17.2 Å². The number of alkyl halides is 1. The van der Waals surface area contributed by atoms with Gasteiger partial charge in [-0.3, -0.25) is 0 Å². The van der Waals surface area contributed by atoms with Gasteiger partial charge in [-0.05, 0) is 47.9 Å². The largest absolute Gasteiger partial charge is 0.224 e. The molecule has 112 valence electrons. The van der Waals surface area contributed by atoms with Crippen LogP contribution in [0.5, 0.6) is 0 Å². The summed E-state index contributed by atoms with van der Waals surface area (Å²) in [6.07, 6.45) is 1.13. The fraction of sp³-hybridized carbons (Fsp3) is 0.200. The lowest BCUT2D eigenvalue weighted by molar-refractivity contribution is 0.601. The van der Waals surface area contributed by atoms with E-state index in [1.165, 1.54) is 18.2 Å². The number of aryl methyl sites for hydroxylation is 1. The van der Waals surface area contributed by atoms with Crippen molar-refractivity contribution in [1.29, 1.82) is 0 Å². The third-order valence-corrected chi connectivity index (χ3v) is 5.05. The first-order chi connectivity index (χ1) is 9.70. The van der Waals surface area contributed by atoms with Crippen LogP contribution in [0.2, 0.25) is 5.02 Å². The maximum absolute atomic E-state index is 13.4. The smallest absolute Gasteiger partial charge is 0.175 e. The Kier molecular flexibility index (Phi) is 4.61. The van der Waals surface area contributed by atoms with E-state index in [2.05, 4.69) is 0 Å². The molecule has 2 aromatic carbocycles. The van der Waals surface area contributed by atoms with Gasteiger partial charge in [-0.1, -0.05) is 23.7 Å². The monoisotopic (exact) mass is 346 g/mol. The van der Waals surface area contributed by atoms with E-state index in [9.17, 15) is 12.8 Å². The summed E-state index contributed by atoms with van der Waals surface area (Å²) in [6.45, 7) is 1.62. The number of benzene rings is 2. The number of hydrogen-bond donors (Lipinski definition) is 0. The second kappa shape index (κ2) is 5.95. The van der Waals surface area contributed by atoms with Crippen molar-refractivity contribution in [3.05, 3.63) is 63.9 Å². The highest BCUT2D eigenvalue weighted by atomic mass is 35.5. The number of halogens is 3. The molecule has 1 unspecified atom stereocenters. The lowest BCUT2D eigenvalue weighted by Crippen LogP contribution is -2.01. The summed E-state index contributed by atoms with van der Waals surface area (Å²) in [5.41, 5.74) is 1.56. The molecule has 2 nitrogen and oxygen atoms in total. The van der Waals surface area contributed by atoms with Crippen molar-refractivity contribution in [2.75, 3.05) is 6.26 Å². The highest BCUT2D eigenvalue weighted by Gasteiger charge is 2.18. The third-order valence-electron chi connectivity index (χ3n) is 3.13. The molecule has 0 N–H and O–H groups in total. The van der Waals surface area contributed by atoms with Gasteiger partial charge in [0.15, 0.2) is 9.84 Å². The average Bonchev–Trinajstić information content (AvgIpc) is 2.41. The van der Waals surface area contributed by atoms with Crippen LogP contribution < -0.4 is 0 Å². The van der Waals surface area contributed by atoms with Gasteiger partial charge < -0.3 is 0 Å². The minimum absolute atomic E-state index is 0.181. The highest BCUT2D eigenvalue weighted by Crippen LogP contribution is 2.35. The Labute approximate surface area is 133 Å². The molecule has 0 amide bonds. The van der Waals surface area contributed by atoms with Crippen LogP contribution in [0.4, 0.5) is 4.39 Å². The maximum atomic E-state index is 13.4. The molecule has 0 aromatic heterocycles. The standard InChI is InChI=1S/C15H13Cl2FO2S/c1-9-6-12(13(16)8-14(9)18)15(17)10-4-3-5-11(7-10)21(2,19)20/h3-8,15H,1-2H3. The van der Waals surface area contributed by atoms with Gasteiger partial charge in [-0.15, -0.1) is 11.6 Å². The van der Waals surface area contributed by atoms with E-state index in [-0.39, 0.29) is 9.92 Å². The molecule has 0 aliphatic rings. The van der Waals surface area contributed by atoms with Gasteiger partial charge in [0, 0.05) is 11.3 Å². The van der Waals surface area contributed by atoms with E-state index in [4.69, 9.17) is 23.2 Å². The van der Waals surface area contributed by atoms with E-state index in [1.54, 1.807) is 25.1 Å². The maximum Gasteiger partial charge on any atom is 0.175 e. The van der Waals surface area contributed by atoms with E-state index < -0.39 is 21.0 Å². The summed E-state index contributed by atoms with van der Waals surface area (Å²) >= 11 is 12.4. The third kappa shape index (κ3) is 3.57. The van der Waals surface area contributed by atoms with Crippen LogP contribution in [0.15, 0.2) is 41.3 Å². The second-order valence-electron chi connectivity index (χ2n) is 4.83. The predicted molar refractivity (Wildman–Crippen MR) is 83.4 cm³/mol.